The van der Waals surface area contributed by atoms with Crippen LogP contribution in [0.3, 0.4) is 0 Å². The summed E-state index contributed by atoms with van der Waals surface area (Å²) in [6.45, 7) is 13.4. The Hall–Kier alpha value is -5.48. The van der Waals surface area contributed by atoms with E-state index in [0.717, 1.165) is 96.4 Å². The van der Waals surface area contributed by atoms with Crippen molar-refractivity contribution >= 4 is 43.7 Å². The lowest BCUT2D eigenvalue weighted by Gasteiger charge is -2.09. The fraction of sp³-hybridized carbons (Fsp3) is 0.220. The number of nitrogens with two attached hydrogens (primary N) is 1. The van der Waals surface area contributed by atoms with Crippen LogP contribution in [0.1, 0.15) is 53.1 Å². The van der Waals surface area contributed by atoms with Gasteiger partial charge in [-0.1, -0.05) is 78.4 Å². The molecule has 0 aliphatic heterocycles. The smallest absolute Gasteiger partial charge is 0.141 e. The second-order valence-corrected chi connectivity index (χ2v) is 13.5. The predicted molar refractivity (Wildman–Crippen MR) is 209 cm³/mol. The van der Waals surface area contributed by atoms with Crippen molar-refractivity contribution in [2.45, 2.75) is 62.1 Å². The van der Waals surface area contributed by atoms with Crippen molar-refractivity contribution in [3.63, 3.8) is 0 Å². The molecule has 2 N–H and O–H groups in total. The topological polar surface area (TPSA) is 114 Å². The van der Waals surface area contributed by atoms with Gasteiger partial charge in [0, 0.05) is 28.7 Å². The van der Waals surface area contributed by atoms with E-state index >= 15 is 0 Å². The lowest BCUT2D eigenvalue weighted by molar-refractivity contribution is 0.393. The predicted octanol–water partition coefficient (Wildman–Crippen LogP) is 10.3. The van der Waals surface area contributed by atoms with E-state index in [1.165, 1.54) is 11.1 Å². The summed E-state index contributed by atoms with van der Waals surface area (Å²) in [4.78, 5) is 9.43. The summed E-state index contributed by atoms with van der Waals surface area (Å²) >= 11 is 3.69. The molecule has 0 aliphatic carbocycles. The Kier molecular flexibility index (Phi) is 9.98. The Bertz CT molecular complexity index is 2260. The molecule has 10 heteroatoms. The van der Waals surface area contributed by atoms with Crippen molar-refractivity contribution in [2.24, 2.45) is 0 Å². The summed E-state index contributed by atoms with van der Waals surface area (Å²) in [5, 5.41) is 8.14. The average Bonchev–Trinajstić information content (AvgIpc) is 3.82. The van der Waals surface area contributed by atoms with Gasteiger partial charge in [-0.3, -0.25) is 0 Å². The van der Waals surface area contributed by atoms with Crippen molar-refractivity contribution in [3.05, 3.63) is 135 Å². The van der Waals surface area contributed by atoms with Crippen LogP contribution in [0.15, 0.2) is 98.4 Å². The molecular weight excluding hydrogens is 702 g/mol. The minimum Gasteiger partial charge on any atom is -0.397 e. The molecule has 9 nitrogen and oxygen atoms in total. The fourth-order valence-electron chi connectivity index (χ4n) is 6.67. The number of aryl methyl sites for hydroxylation is 6. The SMILES string of the molecule is C.Cc1noc(C)c1-c1cc(Br)c2nc(C)n(Cc3ccccc3)c2c1.Cc1noc(C)c1-c1cc(N)c2nc(C)n(Cc3ccccc3)c2c1. The molecule has 0 aliphatic rings. The maximum Gasteiger partial charge on any atom is 0.141 e. The first-order valence-corrected chi connectivity index (χ1v) is 17.3. The molecule has 0 amide bonds. The number of rotatable bonds is 6. The molecule has 0 bridgehead atoms. The van der Waals surface area contributed by atoms with Crippen LogP contribution in [0, 0.1) is 41.5 Å². The van der Waals surface area contributed by atoms with E-state index < -0.39 is 0 Å². The molecule has 4 aromatic carbocycles. The Morgan fingerprint density at radius 3 is 1.49 bits per heavy atom. The number of nitrogens with zero attached hydrogens (tertiary/aromatic N) is 6. The number of halogens is 1. The van der Waals surface area contributed by atoms with Crippen LogP contribution >= 0.6 is 15.9 Å². The molecule has 0 fully saturated rings. The van der Waals surface area contributed by atoms with Gasteiger partial charge in [0.15, 0.2) is 0 Å². The Morgan fingerprint density at radius 1 is 0.608 bits per heavy atom. The number of hydrogen-bond donors (Lipinski definition) is 1. The standard InChI is InChI=1S/C20H18BrN3O.C20H20N4O.CH4/c2*1-12-19(13(2)25-23-12)16-9-17(21)20-18(10-16)24(14(3)22-20)11-15-7-5-4-6-8-15;/h4-10H,11H2,1-3H3;4-10H,11,21H2,1-3H3;1H4. The number of benzene rings is 4. The monoisotopic (exact) mass is 743 g/mol. The minimum atomic E-state index is 0. The first-order chi connectivity index (χ1) is 24.1. The summed E-state index contributed by atoms with van der Waals surface area (Å²) in [7, 11) is 0. The molecule has 0 spiro atoms. The van der Waals surface area contributed by atoms with Gasteiger partial charge in [-0.25, -0.2) is 9.97 Å². The average molecular weight is 745 g/mol. The van der Waals surface area contributed by atoms with Crippen molar-refractivity contribution in [1.82, 2.24) is 29.4 Å². The van der Waals surface area contributed by atoms with Crippen LogP contribution in [0.2, 0.25) is 0 Å². The molecule has 0 radical (unpaired) electrons. The third-order valence-corrected chi connectivity index (χ3v) is 9.69. The molecule has 0 unspecified atom stereocenters. The molecule has 4 aromatic heterocycles. The summed E-state index contributed by atoms with van der Waals surface area (Å²) in [6.07, 6.45) is 0. The fourth-order valence-corrected chi connectivity index (χ4v) is 7.21. The largest absolute Gasteiger partial charge is 0.397 e. The van der Waals surface area contributed by atoms with Gasteiger partial charge in [0.25, 0.3) is 0 Å². The Labute approximate surface area is 306 Å². The molecule has 260 valence electrons. The van der Waals surface area contributed by atoms with E-state index in [-0.39, 0.29) is 7.43 Å². The third-order valence-electron chi connectivity index (χ3n) is 9.08. The van der Waals surface area contributed by atoms with E-state index in [0.29, 0.717) is 5.69 Å². The number of fused-ring (bicyclic) bond motifs is 2. The van der Waals surface area contributed by atoms with E-state index in [1.54, 1.807) is 0 Å². The van der Waals surface area contributed by atoms with E-state index in [4.69, 9.17) is 19.8 Å². The summed E-state index contributed by atoms with van der Waals surface area (Å²) in [5.74, 6) is 3.56. The Morgan fingerprint density at radius 2 is 1.04 bits per heavy atom. The van der Waals surface area contributed by atoms with Gasteiger partial charge in [-0.2, -0.15) is 0 Å². The van der Waals surface area contributed by atoms with Gasteiger partial charge in [0.05, 0.1) is 28.1 Å². The van der Waals surface area contributed by atoms with Crippen LogP contribution in [-0.2, 0) is 13.1 Å². The zero-order chi connectivity index (χ0) is 35.1. The quantitative estimate of drug-likeness (QED) is 0.169. The van der Waals surface area contributed by atoms with E-state index in [2.05, 4.69) is 95.0 Å². The van der Waals surface area contributed by atoms with Crippen LogP contribution in [-0.4, -0.2) is 29.4 Å². The molecule has 0 saturated heterocycles. The van der Waals surface area contributed by atoms with Gasteiger partial charge >= 0.3 is 0 Å². The second kappa shape index (κ2) is 14.4. The molecule has 0 atom stereocenters. The number of aromatic nitrogens is 6. The van der Waals surface area contributed by atoms with Gasteiger partial charge in [-0.15, -0.1) is 0 Å². The molecule has 8 aromatic rings. The third kappa shape index (κ3) is 6.83. The summed E-state index contributed by atoms with van der Waals surface area (Å²) < 4.78 is 16.1. The summed E-state index contributed by atoms with van der Waals surface area (Å²) in [5.41, 5.74) is 19.3. The highest BCUT2D eigenvalue weighted by molar-refractivity contribution is 9.10. The van der Waals surface area contributed by atoms with Crippen LogP contribution in [0.4, 0.5) is 5.69 Å². The second-order valence-electron chi connectivity index (χ2n) is 12.6. The van der Waals surface area contributed by atoms with Gasteiger partial charge in [0.2, 0.25) is 0 Å². The van der Waals surface area contributed by atoms with Crippen molar-refractivity contribution in [3.8, 4) is 22.3 Å². The van der Waals surface area contributed by atoms with E-state index in [9.17, 15) is 0 Å². The number of hydrogen-bond acceptors (Lipinski definition) is 7. The highest BCUT2D eigenvalue weighted by atomic mass is 79.9. The zero-order valence-corrected chi connectivity index (χ0v) is 30.5. The Balaban J connectivity index is 0.000000172. The molecule has 4 heterocycles. The van der Waals surface area contributed by atoms with Crippen molar-refractivity contribution < 1.29 is 9.05 Å². The molecule has 8 rings (SSSR count). The van der Waals surface area contributed by atoms with Gasteiger partial charge in [0.1, 0.15) is 34.2 Å². The van der Waals surface area contributed by atoms with Gasteiger partial charge < -0.3 is 23.9 Å². The highest BCUT2D eigenvalue weighted by Gasteiger charge is 2.19. The first kappa shape index (κ1) is 35.3. The maximum absolute atomic E-state index is 6.31. The van der Waals surface area contributed by atoms with E-state index in [1.807, 2.05) is 71.9 Å². The molecular formula is C41H42BrN7O2. The lowest BCUT2D eigenvalue weighted by Crippen LogP contribution is -2.02. The van der Waals surface area contributed by atoms with Crippen molar-refractivity contribution in [2.75, 3.05) is 5.73 Å². The molecule has 51 heavy (non-hydrogen) atoms. The normalized spacial score (nSPS) is 11.1. The van der Waals surface area contributed by atoms with Gasteiger partial charge in [-0.05, 0) is 104 Å². The van der Waals surface area contributed by atoms with Crippen LogP contribution in [0.25, 0.3) is 44.3 Å². The van der Waals surface area contributed by atoms with Crippen molar-refractivity contribution in [1.29, 1.82) is 0 Å². The zero-order valence-electron chi connectivity index (χ0n) is 29.0. The minimum absolute atomic E-state index is 0. The number of anilines is 1. The van der Waals surface area contributed by atoms with Crippen LogP contribution < -0.4 is 5.73 Å². The first-order valence-electron chi connectivity index (χ1n) is 16.5. The lowest BCUT2D eigenvalue weighted by atomic mass is 10.0. The maximum atomic E-state index is 6.31. The van der Waals surface area contributed by atoms with Crippen LogP contribution in [0.5, 0.6) is 0 Å². The highest BCUT2D eigenvalue weighted by Crippen LogP contribution is 2.35. The number of nitrogen functional groups attached to an aromatic ring is 1. The molecule has 0 saturated carbocycles. The number of imidazole rings is 2. The summed E-state index contributed by atoms with van der Waals surface area (Å²) in [6, 6.07) is 29.1.